The number of allylic oxidation sites excluding steroid dienone is 1. The summed E-state index contributed by atoms with van der Waals surface area (Å²) in [5, 5.41) is 0. The molecule has 0 spiro atoms. The molecule has 0 aliphatic rings. The van der Waals surface area contributed by atoms with Crippen molar-refractivity contribution in [3.8, 4) is 0 Å². The smallest absolute Gasteiger partial charge is 0.176 e. The summed E-state index contributed by atoms with van der Waals surface area (Å²) in [6, 6.07) is 0. The molecule has 0 fully saturated rings. The molecule has 0 aliphatic carbocycles. The highest BCUT2D eigenvalue weighted by Gasteiger charge is 2.07. The van der Waals surface area contributed by atoms with Gasteiger partial charge in [0.2, 0.25) is 0 Å². The molecule has 0 heterocycles. The van der Waals surface area contributed by atoms with Gasteiger partial charge in [0.25, 0.3) is 0 Å². The first-order chi connectivity index (χ1) is 5.99. The van der Waals surface area contributed by atoms with Crippen molar-refractivity contribution >= 4 is 0 Å². The van der Waals surface area contributed by atoms with E-state index in [2.05, 4.69) is 26.8 Å². The van der Waals surface area contributed by atoms with Gasteiger partial charge in [0.15, 0.2) is 6.29 Å². The lowest BCUT2D eigenvalue weighted by Crippen LogP contribution is -2.15. The monoisotopic (exact) mass is 186 g/mol. The van der Waals surface area contributed by atoms with Crippen LogP contribution in [-0.2, 0) is 9.47 Å². The molecular weight excluding hydrogens is 164 g/mol. The van der Waals surface area contributed by atoms with Gasteiger partial charge in [-0.05, 0) is 25.3 Å². The standard InChI is InChI=1S/C11H22O2/c1-6-12-10(13-7-2)8-9-11(3,4)5/h8-10H,6-7H2,1-5H3/b9-8-. The van der Waals surface area contributed by atoms with E-state index in [0.717, 1.165) is 0 Å². The fourth-order valence-corrected chi connectivity index (χ4v) is 0.855. The van der Waals surface area contributed by atoms with Crippen LogP contribution in [-0.4, -0.2) is 19.5 Å². The van der Waals surface area contributed by atoms with Crippen LogP contribution in [0.5, 0.6) is 0 Å². The van der Waals surface area contributed by atoms with E-state index in [1.54, 1.807) is 0 Å². The second-order valence-corrected chi connectivity index (χ2v) is 4.00. The van der Waals surface area contributed by atoms with Gasteiger partial charge in [-0.3, -0.25) is 0 Å². The summed E-state index contributed by atoms with van der Waals surface area (Å²) in [5.41, 5.74) is 0.187. The first-order valence-corrected chi connectivity index (χ1v) is 4.92. The van der Waals surface area contributed by atoms with Gasteiger partial charge in [-0.2, -0.15) is 0 Å². The van der Waals surface area contributed by atoms with Crippen molar-refractivity contribution in [2.75, 3.05) is 13.2 Å². The van der Waals surface area contributed by atoms with Crippen LogP contribution in [0, 0.1) is 5.41 Å². The normalized spacial score (nSPS) is 13.1. The van der Waals surface area contributed by atoms with Gasteiger partial charge >= 0.3 is 0 Å². The third-order valence-corrected chi connectivity index (χ3v) is 1.42. The zero-order valence-electron chi connectivity index (χ0n) is 9.46. The Morgan fingerprint density at radius 3 is 1.85 bits per heavy atom. The molecule has 0 aromatic heterocycles. The van der Waals surface area contributed by atoms with Gasteiger partial charge in [-0.1, -0.05) is 26.8 Å². The highest BCUT2D eigenvalue weighted by Crippen LogP contribution is 2.15. The Bertz CT molecular complexity index is 139. The molecular formula is C11H22O2. The molecule has 0 bridgehead atoms. The van der Waals surface area contributed by atoms with Gasteiger partial charge in [0.05, 0.1) is 0 Å². The summed E-state index contributed by atoms with van der Waals surface area (Å²) in [6.07, 6.45) is 3.91. The maximum absolute atomic E-state index is 5.37. The molecule has 0 N–H and O–H groups in total. The van der Waals surface area contributed by atoms with Crippen LogP contribution in [0.15, 0.2) is 12.2 Å². The minimum atomic E-state index is -0.186. The van der Waals surface area contributed by atoms with Crippen LogP contribution in [0.2, 0.25) is 0 Å². The molecule has 2 heteroatoms. The van der Waals surface area contributed by atoms with Crippen LogP contribution < -0.4 is 0 Å². The topological polar surface area (TPSA) is 18.5 Å². The van der Waals surface area contributed by atoms with E-state index in [4.69, 9.17) is 9.47 Å². The van der Waals surface area contributed by atoms with Gasteiger partial charge < -0.3 is 9.47 Å². The Labute approximate surface area is 81.9 Å². The zero-order valence-corrected chi connectivity index (χ0v) is 9.46. The molecule has 0 saturated heterocycles. The quantitative estimate of drug-likeness (QED) is 0.485. The summed E-state index contributed by atoms with van der Waals surface area (Å²) in [4.78, 5) is 0. The second kappa shape index (κ2) is 6.17. The number of hydrogen-bond acceptors (Lipinski definition) is 2. The SMILES string of the molecule is CCOC(/C=C\C(C)(C)C)OCC. The Morgan fingerprint density at radius 1 is 1.08 bits per heavy atom. The lowest BCUT2D eigenvalue weighted by molar-refractivity contribution is -0.104. The van der Waals surface area contributed by atoms with Gasteiger partial charge in [0, 0.05) is 13.2 Å². The van der Waals surface area contributed by atoms with E-state index in [0.29, 0.717) is 13.2 Å². The van der Waals surface area contributed by atoms with Crippen LogP contribution in [0.4, 0.5) is 0 Å². The summed E-state index contributed by atoms with van der Waals surface area (Å²) in [5.74, 6) is 0. The fourth-order valence-electron chi connectivity index (χ4n) is 0.855. The number of ether oxygens (including phenoxy) is 2. The third-order valence-electron chi connectivity index (χ3n) is 1.42. The van der Waals surface area contributed by atoms with Crippen molar-refractivity contribution in [2.24, 2.45) is 5.41 Å². The largest absolute Gasteiger partial charge is 0.349 e. The first kappa shape index (κ1) is 12.7. The molecule has 0 aliphatic heterocycles. The van der Waals surface area contributed by atoms with Gasteiger partial charge in [0.1, 0.15) is 0 Å². The number of rotatable bonds is 5. The molecule has 0 amide bonds. The molecule has 0 aromatic rings. The predicted octanol–water partition coefficient (Wildman–Crippen LogP) is 2.99. The van der Waals surface area contributed by atoms with Crippen LogP contribution in [0.1, 0.15) is 34.6 Å². The predicted molar refractivity (Wildman–Crippen MR) is 55.6 cm³/mol. The molecule has 0 saturated carbocycles. The van der Waals surface area contributed by atoms with Crippen molar-refractivity contribution in [1.29, 1.82) is 0 Å². The summed E-state index contributed by atoms with van der Waals surface area (Å²) >= 11 is 0. The second-order valence-electron chi connectivity index (χ2n) is 4.00. The highest BCUT2D eigenvalue weighted by molar-refractivity contribution is 4.94. The summed E-state index contributed by atoms with van der Waals surface area (Å²) in [7, 11) is 0. The summed E-state index contributed by atoms with van der Waals surface area (Å²) < 4.78 is 10.7. The Kier molecular flexibility index (Phi) is 6.00. The van der Waals surface area contributed by atoms with Crippen molar-refractivity contribution in [1.82, 2.24) is 0 Å². The molecule has 0 aromatic carbocycles. The minimum absolute atomic E-state index is 0.186. The van der Waals surface area contributed by atoms with Crippen LogP contribution >= 0.6 is 0 Å². The van der Waals surface area contributed by atoms with Crippen molar-refractivity contribution in [3.05, 3.63) is 12.2 Å². The minimum Gasteiger partial charge on any atom is -0.349 e. The average Bonchev–Trinajstić information content (AvgIpc) is 2.00. The molecule has 0 radical (unpaired) electrons. The zero-order chi connectivity index (χ0) is 10.3. The average molecular weight is 186 g/mol. The highest BCUT2D eigenvalue weighted by atomic mass is 16.7. The lowest BCUT2D eigenvalue weighted by Gasteiger charge is -2.16. The Hall–Kier alpha value is -0.340. The molecule has 2 nitrogen and oxygen atoms in total. The molecule has 0 atom stereocenters. The summed E-state index contributed by atoms with van der Waals surface area (Å²) in [6.45, 7) is 11.8. The van der Waals surface area contributed by atoms with Gasteiger partial charge in [-0.15, -0.1) is 0 Å². The molecule has 0 unspecified atom stereocenters. The van der Waals surface area contributed by atoms with Crippen LogP contribution in [0.3, 0.4) is 0 Å². The first-order valence-electron chi connectivity index (χ1n) is 4.92. The van der Waals surface area contributed by atoms with Crippen LogP contribution in [0.25, 0.3) is 0 Å². The van der Waals surface area contributed by atoms with Crippen molar-refractivity contribution in [3.63, 3.8) is 0 Å². The van der Waals surface area contributed by atoms with E-state index in [-0.39, 0.29) is 11.7 Å². The van der Waals surface area contributed by atoms with Crippen molar-refractivity contribution in [2.45, 2.75) is 40.9 Å². The van der Waals surface area contributed by atoms with E-state index in [1.807, 2.05) is 19.9 Å². The molecule has 78 valence electrons. The maximum Gasteiger partial charge on any atom is 0.176 e. The van der Waals surface area contributed by atoms with E-state index in [9.17, 15) is 0 Å². The van der Waals surface area contributed by atoms with E-state index < -0.39 is 0 Å². The molecule has 0 rings (SSSR count). The Balaban J connectivity index is 4.00. The maximum atomic E-state index is 5.37. The third kappa shape index (κ3) is 8.00. The fraction of sp³-hybridized carbons (Fsp3) is 0.818. The van der Waals surface area contributed by atoms with E-state index >= 15 is 0 Å². The van der Waals surface area contributed by atoms with E-state index in [1.165, 1.54) is 0 Å². The molecule has 13 heavy (non-hydrogen) atoms. The Morgan fingerprint density at radius 2 is 1.54 bits per heavy atom. The van der Waals surface area contributed by atoms with Gasteiger partial charge in [-0.25, -0.2) is 0 Å². The lowest BCUT2D eigenvalue weighted by atomic mass is 9.96. The van der Waals surface area contributed by atoms with Crippen molar-refractivity contribution < 1.29 is 9.47 Å². The number of hydrogen-bond donors (Lipinski definition) is 0.